The SMILES string of the molecule is COC(=O)c1ccc(COCC2CNCC(C)(C)SSC(C)(C)CN2)cc1. The van der Waals surface area contributed by atoms with E-state index in [1.807, 2.05) is 33.7 Å². The van der Waals surface area contributed by atoms with E-state index < -0.39 is 0 Å². The van der Waals surface area contributed by atoms with Crippen LogP contribution in [0.4, 0.5) is 0 Å². The summed E-state index contributed by atoms with van der Waals surface area (Å²) in [5.74, 6) is -0.319. The summed E-state index contributed by atoms with van der Waals surface area (Å²) in [6.07, 6.45) is 0. The number of esters is 1. The average Bonchev–Trinajstić information content (AvgIpc) is 2.63. The van der Waals surface area contributed by atoms with Gasteiger partial charge in [0, 0.05) is 35.2 Å². The van der Waals surface area contributed by atoms with Gasteiger partial charge < -0.3 is 20.1 Å². The summed E-state index contributed by atoms with van der Waals surface area (Å²) < 4.78 is 11.0. The molecule has 2 N–H and O–H groups in total. The Balaban J connectivity index is 1.85. The van der Waals surface area contributed by atoms with E-state index in [0.29, 0.717) is 18.8 Å². The molecule has 0 aliphatic carbocycles. The third-order valence-corrected chi connectivity index (χ3v) is 8.45. The molecule has 0 saturated carbocycles. The molecule has 0 bridgehead atoms. The minimum atomic E-state index is -0.319. The Labute approximate surface area is 171 Å². The third-order valence-electron chi connectivity index (χ3n) is 4.21. The molecule has 1 aliphatic rings. The monoisotopic (exact) mass is 412 g/mol. The minimum absolute atomic E-state index is 0.168. The maximum Gasteiger partial charge on any atom is 0.337 e. The van der Waals surface area contributed by atoms with E-state index >= 15 is 0 Å². The van der Waals surface area contributed by atoms with Crippen LogP contribution in [0.15, 0.2) is 24.3 Å². The van der Waals surface area contributed by atoms with Crippen LogP contribution in [-0.4, -0.2) is 54.9 Å². The first-order chi connectivity index (χ1) is 12.7. The standard InChI is InChI=1S/C20H32N2O3S2/c1-19(2)13-21-10-17(22-14-20(3,4)27-26-19)12-25-11-15-6-8-16(9-7-15)18(23)24-5/h6-9,17,21-22H,10-14H2,1-5H3. The Hall–Kier alpha value is -0.730. The van der Waals surface area contributed by atoms with Crippen LogP contribution in [-0.2, 0) is 16.1 Å². The average molecular weight is 413 g/mol. The molecule has 0 aromatic heterocycles. The molecule has 27 heavy (non-hydrogen) atoms. The van der Waals surface area contributed by atoms with E-state index in [1.165, 1.54) is 7.11 Å². The minimum Gasteiger partial charge on any atom is -0.465 e. The molecule has 1 unspecified atom stereocenters. The molecular formula is C20H32N2O3S2. The van der Waals surface area contributed by atoms with Gasteiger partial charge in [-0.1, -0.05) is 33.7 Å². The maximum absolute atomic E-state index is 11.5. The van der Waals surface area contributed by atoms with E-state index in [-0.39, 0.29) is 21.5 Å². The largest absolute Gasteiger partial charge is 0.465 e. The molecule has 1 heterocycles. The highest BCUT2D eigenvalue weighted by Crippen LogP contribution is 2.43. The van der Waals surface area contributed by atoms with Crippen molar-refractivity contribution in [1.82, 2.24) is 10.6 Å². The lowest BCUT2D eigenvalue weighted by molar-refractivity contribution is 0.0600. The summed E-state index contributed by atoms with van der Waals surface area (Å²) in [5.41, 5.74) is 1.60. The van der Waals surface area contributed by atoms with Crippen molar-refractivity contribution in [2.45, 2.75) is 49.8 Å². The fourth-order valence-corrected chi connectivity index (χ4v) is 5.05. The predicted molar refractivity (Wildman–Crippen MR) is 115 cm³/mol. The van der Waals surface area contributed by atoms with Crippen molar-refractivity contribution in [3.63, 3.8) is 0 Å². The van der Waals surface area contributed by atoms with Gasteiger partial charge in [0.1, 0.15) is 0 Å². The van der Waals surface area contributed by atoms with Crippen LogP contribution in [0.1, 0.15) is 43.6 Å². The molecular weight excluding hydrogens is 380 g/mol. The molecule has 0 amide bonds. The zero-order chi connectivity index (χ0) is 19.9. The van der Waals surface area contributed by atoms with E-state index in [0.717, 1.165) is 25.2 Å². The second-order valence-corrected chi connectivity index (χ2v) is 11.6. The first-order valence-corrected chi connectivity index (χ1v) is 11.4. The van der Waals surface area contributed by atoms with Crippen LogP contribution in [0.25, 0.3) is 0 Å². The van der Waals surface area contributed by atoms with E-state index in [2.05, 4.69) is 38.3 Å². The van der Waals surface area contributed by atoms with Crippen LogP contribution >= 0.6 is 21.6 Å². The number of carbonyl (C=O) groups is 1. The van der Waals surface area contributed by atoms with Crippen molar-refractivity contribution in [2.75, 3.05) is 33.4 Å². The van der Waals surface area contributed by atoms with Gasteiger partial charge in [0.2, 0.25) is 0 Å². The lowest BCUT2D eigenvalue weighted by atomic mass is 10.1. The van der Waals surface area contributed by atoms with Crippen molar-refractivity contribution >= 4 is 27.6 Å². The first kappa shape index (κ1) is 22.6. The Kier molecular flexibility index (Phi) is 8.49. The van der Waals surface area contributed by atoms with E-state index in [1.54, 1.807) is 12.1 Å². The van der Waals surface area contributed by atoms with Gasteiger partial charge in [-0.3, -0.25) is 0 Å². The van der Waals surface area contributed by atoms with Gasteiger partial charge in [-0.25, -0.2) is 4.79 Å². The Bertz CT molecular complexity index is 606. The first-order valence-electron chi connectivity index (χ1n) is 9.27. The second kappa shape index (κ2) is 10.2. The second-order valence-electron chi connectivity index (χ2n) is 8.10. The van der Waals surface area contributed by atoms with E-state index in [9.17, 15) is 4.79 Å². The fraction of sp³-hybridized carbons (Fsp3) is 0.650. The van der Waals surface area contributed by atoms with Gasteiger partial charge in [-0.15, -0.1) is 0 Å². The molecule has 0 radical (unpaired) electrons. The Morgan fingerprint density at radius 2 is 1.74 bits per heavy atom. The van der Waals surface area contributed by atoms with Crippen LogP contribution in [0, 0.1) is 0 Å². The van der Waals surface area contributed by atoms with Crippen molar-refractivity contribution in [2.24, 2.45) is 0 Å². The molecule has 1 fully saturated rings. The van der Waals surface area contributed by atoms with Crippen LogP contribution in [0.3, 0.4) is 0 Å². The number of methoxy groups -OCH3 is 1. The molecule has 1 aromatic carbocycles. The number of benzene rings is 1. The van der Waals surface area contributed by atoms with Gasteiger partial charge in [0.15, 0.2) is 0 Å². The molecule has 5 nitrogen and oxygen atoms in total. The van der Waals surface area contributed by atoms with Crippen molar-refractivity contribution in [3.8, 4) is 0 Å². The Morgan fingerprint density at radius 3 is 2.37 bits per heavy atom. The third kappa shape index (κ3) is 8.03. The quantitative estimate of drug-likeness (QED) is 0.567. The van der Waals surface area contributed by atoms with Gasteiger partial charge in [-0.05, 0) is 45.4 Å². The lowest BCUT2D eigenvalue weighted by Crippen LogP contribution is -2.49. The highest BCUT2D eigenvalue weighted by atomic mass is 33.1. The summed E-state index contributed by atoms with van der Waals surface area (Å²) >= 11 is 0. The smallest absolute Gasteiger partial charge is 0.337 e. The molecule has 2 rings (SSSR count). The van der Waals surface area contributed by atoms with Gasteiger partial charge in [0.25, 0.3) is 0 Å². The van der Waals surface area contributed by atoms with Crippen LogP contribution in [0.2, 0.25) is 0 Å². The number of hydrogen-bond donors (Lipinski definition) is 2. The van der Waals surface area contributed by atoms with Crippen LogP contribution < -0.4 is 10.6 Å². The van der Waals surface area contributed by atoms with Gasteiger partial charge in [-0.2, -0.15) is 0 Å². The zero-order valence-electron chi connectivity index (χ0n) is 17.0. The summed E-state index contributed by atoms with van der Waals surface area (Å²) in [4.78, 5) is 11.5. The topological polar surface area (TPSA) is 59.6 Å². The number of nitrogens with one attached hydrogen (secondary N) is 2. The number of ether oxygens (including phenoxy) is 2. The normalized spacial score (nSPS) is 22.8. The summed E-state index contributed by atoms with van der Waals surface area (Å²) in [6.45, 7) is 13.1. The molecule has 1 aliphatic heterocycles. The lowest BCUT2D eigenvalue weighted by Gasteiger charge is -2.34. The highest BCUT2D eigenvalue weighted by molar-refractivity contribution is 8.77. The molecule has 1 saturated heterocycles. The number of hydrogen-bond acceptors (Lipinski definition) is 7. The molecule has 7 heteroatoms. The molecule has 0 spiro atoms. The van der Waals surface area contributed by atoms with Gasteiger partial charge >= 0.3 is 5.97 Å². The fourth-order valence-electron chi connectivity index (χ4n) is 2.59. The van der Waals surface area contributed by atoms with Crippen LogP contribution in [0.5, 0.6) is 0 Å². The summed E-state index contributed by atoms with van der Waals surface area (Å²) in [7, 11) is 5.29. The molecule has 152 valence electrons. The molecule has 1 atom stereocenters. The van der Waals surface area contributed by atoms with Crippen molar-refractivity contribution < 1.29 is 14.3 Å². The Morgan fingerprint density at radius 1 is 1.11 bits per heavy atom. The summed E-state index contributed by atoms with van der Waals surface area (Å²) in [6, 6.07) is 7.62. The highest BCUT2D eigenvalue weighted by Gasteiger charge is 2.28. The maximum atomic E-state index is 11.5. The van der Waals surface area contributed by atoms with Crippen molar-refractivity contribution in [1.29, 1.82) is 0 Å². The van der Waals surface area contributed by atoms with Gasteiger partial charge in [0.05, 0.1) is 25.9 Å². The number of carbonyl (C=O) groups excluding carboxylic acids is 1. The van der Waals surface area contributed by atoms with E-state index in [4.69, 9.17) is 9.47 Å². The zero-order valence-corrected chi connectivity index (χ0v) is 18.6. The summed E-state index contributed by atoms with van der Waals surface area (Å²) in [5, 5.41) is 7.21. The predicted octanol–water partition coefficient (Wildman–Crippen LogP) is 3.49. The number of rotatable bonds is 5. The molecule has 1 aromatic rings. The van der Waals surface area contributed by atoms with Crippen molar-refractivity contribution in [3.05, 3.63) is 35.4 Å².